The molecule has 0 aromatic rings. The van der Waals surface area contributed by atoms with Gasteiger partial charge in [0.05, 0.1) is 0 Å². The van der Waals surface area contributed by atoms with E-state index in [2.05, 4.69) is 30.7 Å². The molecular formula is C14H29N3. The molecule has 1 heterocycles. The molecule has 0 amide bonds. The Morgan fingerprint density at radius 2 is 1.65 bits per heavy atom. The zero-order valence-corrected chi connectivity index (χ0v) is 11.7. The Balaban J connectivity index is 1.82. The number of piperazine rings is 1. The van der Waals surface area contributed by atoms with Crippen molar-refractivity contribution in [1.29, 1.82) is 0 Å². The Bertz CT molecular complexity index is 226. The Morgan fingerprint density at radius 3 is 2.18 bits per heavy atom. The van der Waals surface area contributed by atoms with Gasteiger partial charge in [0.15, 0.2) is 0 Å². The van der Waals surface area contributed by atoms with E-state index in [4.69, 9.17) is 5.73 Å². The van der Waals surface area contributed by atoms with Crippen LogP contribution in [0.1, 0.15) is 39.5 Å². The first-order chi connectivity index (χ1) is 8.08. The van der Waals surface area contributed by atoms with Crippen LogP contribution in [-0.2, 0) is 0 Å². The van der Waals surface area contributed by atoms with Crippen LogP contribution in [0.2, 0.25) is 0 Å². The van der Waals surface area contributed by atoms with Gasteiger partial charge in [0, 0.05) is 37.8 Å². The molecule has 2 aliphatic rings. The van der Waals surface area contributed by atoms with Crippen LogP contribution in [0.3, 0.4) is 0 Å². The fraction of sp³-hybridized carbons (Fsp3) is 1.00. The van der Waals surface area contributed by atoms with Crippen LogP contribution in [0.5, 0.6) is 0 Å². The van der Waals surface area contributed by atoms with Crippen LogP contribution in [0.4, 0.5) is 0 Å². The van der Waals surface area contributed by atoms with Gasteiger partial charge in [-0.3, -0.25) is 9.80 Å². The van der Waals surface area contributed by atoms with Crippen molar-refractivity contribution in [2.45, 2.75) is 57.7 Å². The van der Waals surface area contributed by atoms with Crippen LogP contribution in [0.15, 0.2) is 0 Å². The molecule has 3 unspecified atom stereocenters. The number of rotatable bonds is 3. The lowest BCUT2D eigenvalue weighted by Gasteiger charge is -2.43. The molecule has 1 aliphatic carbocycles. The highest BCUT2D eigenvalue weighted by atomic mass is 15.3. The van der Waals surface area contributed by atoms with E-state index in [-0.39, 0.29) is 0 Å². The van der Waals surface area contributed by atoms with Gasteiger partial charge < -0.3 is 5.73 Å². The minimum absolute atomic E-state index is 0.403. The maximum atomic E-state index is 6.38. The summed E-state index contributed by atoms with van der Waals surface area (Å²) < 4.78 is 0. The van der Waals surface area contributed by atoms with Crippen molar-refractivity contribution in [3.05, 3.63) is 0 Å². The summed E-state index contributed by atoms with van der Waals surface area (Å²) in [4.78, 5) is 5.07. The molecule has 3 heteroatoms. The fourth-order valence-electron chi connectivity index (χ4n) is 3.50. The molecule has 0 radical (unpaired) electrons. The van der Waals surface area contributed by atoms with Crippen molar-refractivity contribution in [2.24, 2.45) is 11.7 Å². The van der Waals surface area contributed by atoms with Crippen LogP contribution >= 0.6 is 0 Å². The Kier molecular flexibility index (Phi) is 4.45. The molecule has 0 aromatic carbocycles. The second-order valence-electron chi connectivity index (χ2n) is 6.29. The second-order valence-corrected chi connectivity index (χ2v) is 6.29. The molecule has 3 nitrogen and oxygen atoms in total. The molecule has 1 aliphatic heterocycles. The van der Waals surface area contributed by atoms with E-state index in [0.29, 0.717) is 18.1 Å². The molecule has 1 saturated carbocycles. The van der Waals surface area contributed by atoms with Crippen molar-refractivity contribution in [3.63, 3.8) is 0 Å². The summed E-state index contributed by atoms with van der Waals surface area (Å²) >= 11 is 0. The summed E-state index contributed by atoms with van der Waals surface area (Å²) in [6.07, 6.45) is 5.52. The minimum Gasteiger partial charge on any atom is -0.326 e. The van der Waals surface area contributed by atoms with Crippen LogP contribution < -0.4 is 5.73 Å². The molecule has 2 rings (SSSR count). The van der Waals surface area contributed by atoms with Crippen molar-refractivity contribution < 1.29 is 0 Å². The summed E-state index contributed by atoms with van der Waals surface area (Å²) in [7, 11) is 2.24. The molecule has 17 heavy (non-hydrogen) atoms. The number of hydrogen-bond acceptors (Lipinski definition) is 3. The smallest absolute Gasteiger partial charge is 0.0196 e. The third-order valence-corrected chi connectivity index (χ3v) is 4.91. The topological polar surface area (TPSA) is 32.5 Å². The Hall–Kier alpha value is -0.120. The lowest BCUT2D eigenvalue weighted by atomic mass is 9.97. The van der Waals surface area contributed by atoms with E-state index < -0.39 is 0 Å². The Morgan fingerprint density at radius 1 is 1.12 bits per heavy atom. The van der Waals surface area contributed by atoms with Crippen molar-refractivity contribution in [2.75, 3.05) is 26.7 Å². The third-order valence-electron chi connectivity index (χ3n) is 4.91. The van der Waals surface area contributed by atoms with E-state index in [0.717, 1.165) is 12.5 Å². The van der Waals surface area contributed by atoms with E-state index in [1.54, 1.807) is 0 Å². The van der Waals surface area contributed by atoms with Crippen molar-refractivity contribution in [1.82, 2.24) is 9.80 Å². The molecule has 3 atom stereocenters. The highest BCUT2D eigenvalue weighted by Gasteiger charge is 2.29. The first kappa shape index (κ1) is 13.3. The second kappa shape index (κ2) is 5.68. The van der Waals surface area contributed by atoms with Crippen LogP contribution in [-0.4, -0.2) is 54.6 Å². The minimum atomic E-state index is 0.403. The summed E-state index contributed by atoms with van der Waals surface area (Å²) in [6, 6.07) is 1.73. The normalized spacial score (nSPS) is 35.3. The van der Waals surface area contributed by atoms with Gasteiger partial charge in [-0.25, -0.2) is 0 Å². The van der Waals surface area contributed by atoms with Gasteiger partial charge in [-0.15, -0.1) is 0 Å². The third kappa shape index (κ3) is 3.21. The zero-order valence-electron chi connectivity index (χ0n) is 11.7. The Labute approximate surface area is 106 Å². The first-order valence-electron chi connectivity index (χ1n) is 7.27. The maximum absolute atomic E-state index is 6.38. The first-order valence-corrected chi connectivity index (χ1v) is 7.27. The van der Waals surface area contributed by atoms with E-state index in [1.807, 2.05) is 0 Å². The monoisotopic (exact) mass is 239 g/mol. The highest BCUT2D eigenvalue weighted by molar-refractivity contribution is 4.87. The molecule has 100 valence electrons. The van der Waals surface area contributed by atoms with Gasteiger partial charge in [0.1, 0.15) is 0 Å². The van der Waals surface area contributed by atoms with Gasteiger partial charge in [-0.2, -0.15) is 0 Å². The molecule has 1 saturated heterocycles. The highest BCUT2D eigenvalue weighted by Crippen LogP contribution is 2.27. The van der Waals surface area contributed by atoms with Crippen molar-refractivity contribution in [3.8, 4) is 0 Å². The molecule has 2 fully saturated rings. The average molecular weight is 239 g/mol. The summed E-state index contributed by atoms with van der Waals surface area (Å²) in [5.74, 6) is 0.792. The van der Waals surface area contributed by atoms with Gasteiger partial charge in [-0.05, 0) is 39.7 Å². The lowest BCUT2D eigenvalue weighted by molar-refractivity contribution is 0.0530. The summed E-state index contributed by atoms with van der Waals surface area (Å²) in [6.45, 7) is 8.11. The number of nitrogens with zero attached hydrogens (tertiary/aromatic N) is 2. The number of hydrogen-bond donors (Lipinski definition) is 1. The van der Waals surface area contributed by atoms with Crippen LogP contribution in [0, 0.1) is 5.92 Å². The fourth-order valence-corrected chi connectivity index (χ4v) is 3.50. The quantitative estimate of drug-likeness (QED) is 0.810. The summed E-state index contributed by atoms with van der Waals surface area (Å²) in [5.41, 5.74) is 6.38. The largest absolute Gasteiger partial charge is 0.326 e. The van der Waals surface area contributed by atoms with E-state index in [9.17, 15) is 0 Å². The number of nitrogens with two attached hydrogens (primary N) is 1. The number of likely N-dealkylation sites (N-methyl/N-ethyl adjacent to an activating group) is 1. The van der Waals surface area contributed by atoms with Crippen LogP contribution in [0.25, 0.3) is 0 Å². The lowest BCUT2D eigenvalue weighted by Crippen LogP contribution is -2.57. The van der Waals surface area contributed by atoms with Gasteiger partial charge >= 0.3 is 0 Å². The molecular weight excluding hydrogens is 210 g/mol. The molecule has 0 aromatic heterocycles. The molecule has 0 bridgehead atoms. The average Bonchev–Trinajstić information content (AvgIpc) is 2.79. The predicted molar refractivity (Wildman–Crippen MR) is 73.1 cm³/mol. The van der Waals surface area contributed by atoms with E-state index >= 15 is 0 Å². The maximum Gasteiger partial charge on any atom is 0.0196 e. The predicted octanol–water partition coefficient (Wildman–Crippen LogP) is 1.53. The van der Waals surface area contributed by atoms with Gasteiger partial charge in [-0.1, -0.05) is 12.8 Å². The van der Waals surface area contributed by atoms with E-state index in [1.165, 1.54) is 38.8 Å². The SMILES string of the molecule is CC1CN(CC(N)C2CCCC2)CC(C)N1C. The van der Waals surface area contributed by atoms with Gasteiger partial charge in [0.2, 0.25) is 0 Å². The van der Waals surface area contributed by atoms with Crippen molar-refractivity contribution >= 4 is 0 Å². The summed E-state index contributed by atoms with van der Waals surface area (Å²) in [5, 5.41) is 0. The zero-order chi connectivity index (χ0) is 12.4. The standard InChI is InChI=1S/C14H29N3/c1-11-8-17(9-12(2)16(11)3)10-14(15)13-6-4-5-7-13/h11-14H,4-10,15H2,1-3H3. The molecule has 2 N–H and O–H groups in total. The molecule has 0 spiro atoms. The van der Waals surface area contributed by atoms with Gasteiger partial charge in [0.25, 0.3) is 0 Å².